The molecule has 0 N–H and O–H groups in total. The number of thioether (sulfide) groups is 1. The van der Waals surface area contributed by atoms with Gasteiger partial charge in [0.1, 0.15) is 0 Å². The minimum absolute atomic E-state index is 0.856. The van der Waals surface area contributed by atoms with E-state index >= 15 is 0 Å². The lowest BCUT2D eigenvalue weighted by Crippen LogP contribution is -2.43. The van der Waals surface area contributed by atoms with Gasteiger partial charge in [-0.15, -0.1) is 0 Å². The monoisotopic (exact) mass is 210 g/mol. The van der Waals surface area contributed by atoms with Crippen molar-refractivity contribution < 1.29 is 4.57 Å². The summed E-state index contributed by atoms with van der Waals surface area (Å²) in [6.07, 6.45) is 2.20. The maximum absolute atomic E-state index is 2.46. The first-order chi connectivity index (χ1) is 6.07. The van der Waals surface area contributed by atoms with Gasteiger partial charge in [0.15, 0.2) is 12.7 Å². The fraction of sp³-hybridized carbons (Fsp3) is 0.500. The Morgan fingerprint density at radius 3 is 2.77 bits per heavy atom. The predicted molar refractivity (Wildman–Crippen MR) is 59.6 cm³/mol. The number of aromatic nitrogens is 1. The molecule has 0 saturated heterocycles. The predicted octanol–water partition coefficient (Wildman–Crippen LogP) is 2.33. The Kier molecular flexibility index (Phi) is 2.24. The highest BCUT2D eigenvalue weighted by Gasteiger charge is 2.38. The number of rotatable bonds is 1. The molecule has 0 fully saturated rings. The summed E-state index contributed by atoms with van der Waals surface area (Å²) >= 11 is 2.07. The topological polar surface area (TPSA) is 3.88 Å². The molecule has 13 heavy (non-hydrogen) atoms. The van der Waals surface area contributed by atoms with Gasteiger partial charge in [-0.1, -0.05) is 31.4 Å². The van der Waals surface area contributed by atoms with Gasteiger partial charge in [-0.3, -0.25) is 0 Å². The summed E-state index contributed by atoms with van der Waals surface area (Å²) < 4.78 is 2.38. The van der Waals surface area contributed by atoms with Gasteiger partial charge in [0.2, 0.25) is 5.03 Å². The maximum Gasteiger partial charge on any atom is 0.240 e. The van der Waals surface area contributed by atoms with Crippen molar-refractivity contribution in [3.63, 3.8) is 0 Å². The van der Waals surface area contributed by atoms with E-state index in [2.05, 4.69) is 60.4 Å². The van der Waals surface area contributed by atoms with Crippen molar-refractivity contribution in [3.05, 3.63) is 24.4 Å². The minimum atomic E-state index is -0.980. The van der Waals surface area contributed by atoms with Crippen molar-refractivity contribution in [1.29, 1.82) is 0 Å². The molecule has 0 saturated carbocycles. The second-order valence-electron chi connectivity index (χ2n) is 4.66. The van der Waals surface area contributed by atoms with Gasteiger partial charge in [0, 0.05) is 12.1 Å². The van der Waals surface area contributed by atoms with Crippen molar-refractivity contribution in [2.75, 3.05) is 0 Å². The molecule has 0 aromatic carbocycles. The molecule has 2 rings (SSSR count). The number of nitrogens with zero attached hydrogens (tertiary/aromatic N) is 1. The van der Waals surface area contributed by atoms with Gasteiger partial charge in [-0.2, -0.15) is 4.57 Å². The molecule has 1 aromatic heterocycles. The van der Waals surface area contributed by atoms with Crippen molar-refractivity contribution in [2.45, 2.75) is 36.1 Å². The second-order valence-corrected chi connectivity index (χ2v) is 11.7. The highest BCUT2D eigenvalue weighted by atomic mass is 32.2. The average molecular weight is 210 g/mol. The molecule has 0 radical (unpaired) electrons. The van der Waals surface area contributed by atoms with Crippen LogP contribution in [0, 0.1) is 0 Å². The fourth-order valence-electron chi connectivity index (χ4n) is 1.53. The molecule has 1 aromatic rings. The summed E-state index contributed by atoms with van der Waals surface area (Å²) in [6.45, 7) is 8.59. The third-order valence-corrected chi connectivity index (χ3v) is 8.13. The van der Waals surface area contributed by atoms with Gasteiger partial charge >= 0.3 is 0 Å². The molecule has 2 heterocycles. The van der Waals surface area contributed by atoms with Crippen LogP contribution in [0.15, 0.2) is 29.4 Å². The largest absolute Gasteiger partial charge is 0.240 e. The smallest absolute Gasteiger partial charge is 0.192 e. The van der Waals surface area contributed by atoms with E-state index in [0.717, 1.165) is 4.87 Å². The van der Waals surface area contributed by atoms with Crippen LogP contribution in [0.25, 0.3) is 0 Å². The summed E-state index contributed by atoms with van der Waals surface area (Å²) in [5.41, 5.74) is 0. The van der Waals surface area contributed by atoms with E-state index in [0.29, 0.717) is 0 Å². The molecule has 70 valence electrons. The SMILES string of the molecule is C[Si](C)(C)C1C[n+]2ccccc2S1. The van der Waals surface area contributed by atoms with Gasteiger partial charge in [0.05, 0.1) is 12.9 Å². The first-order valence-electron chi connectivity index (χ1n) is 4.72. The van der Waals surface area contributed by atoms with Crippen LogP contribution in [0.4, 0.5) is 0 Å². The Hall–Kier alpha value is -0.283. The van der Waals surface area contributed by atoms with Gasteiger partial charge in [-0.05, 0) is 6.07 Å². The Bertz CT molecular complexity index is 294. The quantitative estimate of drug-likeness (QED) is 0.508. The molecular formula is C10H16NSSi+. The first kappa shape index (κ1) is 9.28. The van der Waals surface area contributed by atoms with E-state index in [1.807, 2.05) is 0 Å². The van der Waals surface area contributed by atoms with Crippen molar-refractivity contribution >= 4 is 19.8 Å². The van der Waals surface area contributed by atoms with Crippen LogP contribution in [-0.2, 0) is 6.54 Å². The fourth-order valence-corrected chi connectivity index (χ4v) is 5.01. The molecule has 0 bridgehead atoms. The number of hydrogen-bond acceptors (Lipinski definition) is 1. The Morgan fingerprint density at radius 2 is 2.15 bits per heavy atom. The maximum atomic E-state index is 2.46. The lowest BCUT2D eigenvalue weighted by Gasteiger charge is -2.19. The van der Waals surface area contributed by atoms with E-state index in [4.69, 9.17) is 0 Å². The summed E-state index contributed by atoms with van der Waals surface area (Å²) in [6, 6.07) is 6.48. The zero-order chi connectivity index (χ0) is 9.47. The van der Waals surface area contributed by atoms with E-state index in [1.54, 1.807) is 0 Å². The second kappa shape index (κ2) is 3.14. The number of pyridine rings is 1. The molecule has 1 aliphatic rings. The van der Waals surface area contributed by atoms with E-state index in [-0.39, 0.29) is 0 Å². The summed E-state index contributed by atoms with van der Waals surface area (Å²) in [5.74, 6) is 0. The van der Waals surface area contributed by atoms with Crippen LogP contribution in [0.5, 0.6) is 0 Å². The zero-order valence-electron chi connectivity index (χ0n) is 8.45. The summed E-state index contributed by atoms with van der Waals surface area (Å²) in [4.78, 5) is 0.856. The Labute approximate surface area is 85.2 Å². The first-order valence-corrected chi connectivity index (χ1v) is 9.18. The molecular weight excluding hydrogens is 194 g/mol. The molecule has 0 amide bonds. The van der Waals surface area contributed by atoms with Crippen molar-refractivity contribution in [2.24, 2.45) is 0 Å². The lowest BCUT2D eigenvalue weighted by molar-refractivity contribution is -0.724. The molecule has 1 unspecified atom stereocenters. The van der Waals surface area contributed by atoms with Crippen LogP contribution >= 0.6 is 11.8 Å². The summed E-state index contributed by atoms with van der Waals surface area (Å²) in [5, 5.41) is 1.44. The third kappa shape index (κ3) is 1.81. The number of hydrogen-bond donors (Lipinski definition) is 0. The minimum Gasteiger partial charge on any atom is -0.192 e. The molecule has 1 aliphatic heterocycles. The molecule has 1 nitrogen and oxygen atoms in total. The zero-order valence-corrected chi connectivity index (χ0v) is 10.3. The summed E-state index contributed by atoms with van der Waals surface area (Å²) in [7, 11) is -0.980. The van der Waals surface area contributed by atoms with Gasteiger partial charge in [-0.25, -0.2) is 0 Å². The normalized spacial score (nSPS) is 21.6. The van der Waals surface area contributed by atoms with Gasteiger partial charge < -0.3 is 0 Å². The lowest BCUT2D eigenvalue weighted by atomic mass is 10.5. The van der Waals surface area contributed by atoms with Crippen molar-refractivity contribution in [3.8, 4) is 0 Å². The van der Waals surface area contributed by atoms with Gasteiger partial charge in [0.25, 0.3) is 0 Å². The van der Waals surface area contributed by atoms with Crippen LogP contribution in [0.3, 0.4) is 0 Å². The molecule has 3 heteroatoms. The van der Waals surface area contributed by atoms with E-state index in [1.165, 1.54) is 11.6 Å². The van der Waals surface area contributed by atoms with E-state index in [9.17, 15) is 0 Å². The molecule has 0 aliphatic carbocycles. The van der Waals surface area contributed by atoms with E-state index < -0.39 is 8.07 Å². The Morgan fingerprint density at radius 1 is 1.38 bits per heavy atom. The number of fused-ring (bicyclic) bond motifs is 1. The van der Waals surface area contributed by atoms with Crippen LogP contribution in [0.1, 0.15) is 0 Å². The molecule has 0 spiro atoms. The Balaban J connectivity index is 2.23. The van der Waals surface area contributed by atoms with Crippen molar-refractivity contribution in [1.82, 2.24) is 0 Å². The highest BCUT2D eigenvalue weighted by molar-refractivity contribution is 8.01. The molecule has 1 atom stereocenters. The standard InChI is InChI=1S/C10H16NSSi/c1-13(2,3)10-8-11-7-5-4-6-9(11)12-10/h4-7,10H,8H2,1-3H3/q+1. The average Bonchev–Trinajstić information content (AvgIpc) is 2.45. The highest BCUT2D eigenvalue weighted by Crippen LogP contribution is 2.32. The van der Waals surface area contributed by atoms with Crippen LogP contribution in [0.2, 0.25) is 19.6 Å². The van der Waals surface area contributed by atoms with Crippen LogP contribution in [-0.4, -0.2) is 12.9 Å². The third-order valence-electron chi connectivity index (χ3n) is 2.49. The van der Waals surface area contributed by atoms with Crippen LogP contribution < -0.4 is 4.57 Å².